The number of benzene rings is 2. The van der Waals surface area contributed by atoms with Crippen molar-refractivity contribution in [1.82, 2.24) is 15.0 Å². The first kappa shape index (κ1) is 21.7. The molecule has 1 aliphatic heterocycles. The van der Waals surface area contributed by atoms with E-state index in [0.717, 1.165) is 11.4 Å². The molecule has 0 unspecified atom stereocenters. The van der Waals surface area contributed by atoms with Crippen LogP contribution >= 0.6 is 0 Å². The molecule has 0 N–H and O–H groups in total. The zero-order valence-electron chi connectivity index (χ0n) is 17.3. The van der Waals surface area contributed by atoms with Crippen LogP contribution in [0, 0.1) is 0 Å². The zero-order valence-corrected chi connectivity index (χ0v) is 17.3. The van der Waals surface area contributed by atoms with Gasteiger partial charge in [-0.25, -0.2) is 4.79 Å². The second kappa shape index (κ2) is 9.73. The molecule has 1 aliphatic rings. The number of carbonyl (C=O) groups is 1. The lowest BCUT2D eigenvalue weighted by atomic mass is 10.1. The van der Waals surface area contributed by atoms with E-state index in [9.17, 15) is 13.6 Å². The summed E-state index contributed by atoms with van der Waals surface area (Å²) in [7, 11) is 1.31. The van der Waals surface area contributed by atoms with Crippen LogP contribution in [0.2, 0.25) is 0 Å². The number of ether oxygens (including phenoxy) is 3. The van der Waals surface area contributed by atoms with Crippen molar-refractivity contribution < 1.29 is 27.8 Å². The maximum atomic E-state index is 12.7. The quantitative estimate of drug-likeness (QED) is 0.493. The Kier molecular flexibility index (Phi) is 6.60. The molecule has 4 rings (SSSR count). The third kappa shape index (κ3) is 5.02. The van der Waals surface area contributed by atoms with Crippen molar-refractivity contribution in [2.24, 2.45) is 0 Å². The molecule has 0 aliphatic carbocycles. The average molecular weight is 444 g/mol. The molecule has 0 bridgehead atoms. The van der Waals surface area contributed by atoms with Crippen LogP contribution in [0.15, 0.2) is 60.9 Å². The number of methoxy groups -OCH3 is 1. The Morgan fingerprint density at radius 2 is 1.72 bits per heavy atom. The van der Waals surface area contributed by atoms with Gasteiger partial charge >= 0.3 is 12.6 Å². The van der Waals surface area contributed by atoms with Gasteiger partial charge in [-0.2, -0.15) is 23.8 Å². The van der Waals surface area contributed by atoms with Crippen molar-refractivity contribution in [3.63, 3.8) is 0 Å². The topological polar surface area (TPSA) is 78.7 Å². The van der Waals surface area contributed by atoms with Gasteiger partial charge in [0.2, 0.25) is 0 Å². The van der Waals surface area contributed by atoms with Gasteiger partial charge in [0.1, 0.15) is 11.9 Å². The number of alkyl halides is 2. The zero-order chi connectivity index (χ0) is 22.5. The Labute approximate surface area is 183 Å². The molecule has 168 valence electrons. The number of esters is 1. The predicted molar refractivity (Wildman–Crippen MR) is 111 cm³/mol. The maximum Gasteiger partial charge on any atom is 0.345 e. The van der Waals surface area contributed by atoms with E-state index in [0.29, 0.717) is 24.3 Å². The molecular weight excluding hydrogens is 422 g/mol. The van der Waals surface area contributed by atoms with Gasteiger partial charge in [-0.1, -0.05) is 0 Å². The highest BCUT2D eigenvalue weighted by Crippen LogP contribution is 2.29. The summed E-state index contributed by atoms with van der Waals surface area (Å²) >= 11 is 0. The van der Waals surface area contributed by atoms with Crippen LogP contribution in [-0.2, 0) is 9.47 Å². The molecule has 2 atom stereocenters. The first-order valence-corrected chi connectivity index (χ1v) is 10.0. The molecule has 32 heavy (non-hydrogen) atoms. The number of anilines is 1. The molecule has 10 heteroatoms. The molecule has 1 saturated heterocycles. The van der Waals surface area contributed by atoms with E-state index in [1.165, 1.54) is 11.9 Å². The highest BCUT2D eigenvalue weighted by Gasteiger charge is 2.34. The molecule has 0 saturated carbocycles. The normalized spacial score (nSPS) is 18.2. The van der Waals surface area contributed by atoms with Gasteiger partial charge in [-0.3, -0.25) is 0 Å². The maximum absolute atomic E-state index is 12.7. The minimum atomic E-state index is -2.85. The third-order valence-corrected chi connectivity index (χ3v) is 5.20. The van der Waals surface area contributed by atoms with E-state index < -0.39 is 12.6 Å². The van der Waals surface area contributed by atoms with Crippen molar-refractivity contribution in [3.05, 3.63) is 66.5 Å². The fourth-order valence-electron chi connectivity index (χ4n) is 3.72. The largest absolute Gasteiger partial charge is 0.489 e. The van der Waals surface area contributed by atoms with Crippen LogP contribution in [0.3, 0.4) is 0 Å². The molecule has 1 aromatic heterocycles. The predicted octanol–water partition coefficient (Wildman–Crippen LogP) is 3.32. The molecule has 2 heterocycles. The van der Waals surface area contributed by atoms with Gasteiger partial charge in [0.05, 0.1) is 49.9 Å². The summed E-state index contributed by atoms with van der Waals surface area (Å²) in [6, 6.07) is 13.8. The Bertz CT molecular complexity index is 1010. The van der Waals surface area contributed by atoms with E-state index in [4.69, 9.17) is 9.47 Å². The Hall–Kier alpha value is -3.53. The molecule has 0 spiro atoms. The molecule has 3 aromatic rings. The summed E-state index contributed by atoms with van der Waals surface area (Å²) in [5.74, 6) is 0.216. The van der Waals surface area contributed by atoms with Crippen LogP contribution in [0.5, 0.6) is 5.75 Å². The van der Waals surface area contributed by atoms with Crippen LogP contribution in [0.25, 0.3) is 5.69 Å². The van der Waals surface area contributed by atoms with Crippen LogP contribution in [0.4, 0.5) is 14.5 Å². The molecule has 2 aromatic carbocycles. The van der Waals surface area contributed by atoms with Gasteiger partial charge in [-0.15, -0.1) is 0 Å². The second-order valence-corrected chi connectivity index (χ2v) is 7.23. The monoisotopic (exact) mass is 444 g/mol. The minimum absolute atomic E-state index is 0.139. The van der Waals surface area contributed by atoms with Gasteiger partial charge in [0.25, 0.3) is 0 Å². The summed E-state index contributed by atoms with van der Waals surface area (Å²) in [6.07, 6.45) is 3.47. The highest BCUT2D eigenvalue weighted by atomic mass is 19.3. The second-order valence-electron chi connectivity index (χ2n) is 7.23. The van der Waals surface area contributed by atoms with Crippen LogP contribution in [-0.4, -0.2) is 60.0 Å². The fourth-order valence-corrected chi connectivity index (χ4v) is 3.72. The molecule has 0 radical (unpaired) electrons. The smallest absolute Gasteiger partial charge is 0.345 e. The highest BCUT2D eigenvalue weighted by molar-refractivity contribution is 5.89. The number of halogens is 2. The molecule has 0 amide bonds. The number of carbonyl (C=O) groups excluding carboxylic acids is 1. The lowest BCUT2D eigenvalue weighted by Gasteiger charge is -2.26. The Balaban J connectivity index is 1.46. The summed E-state index contributed by atoms with van der Waals surface area (Å²) in [5, 5.41) is 8.17. The number of nitrogens with zero attached hydrogens (tertiary/aromatic N) is 4. The Morgan fingerprint density at radius 3 is 2.34 bits per heavy atom. The summed E-state index contributed by atoms with van der Waals surface area (Å²) < 4.78 is 40.7. The summed E-state index contributed by atoms with van der Waals surface area (Å²) in [4.78, 5) is 15.1. The van der Waals surface area contributed by atoms with Gasteiger partial charge in [0.15, 0.2) is 0 Å². The standard InChI is InChI=1S/C22H22F2N4O4/c1-30-21(29)15-2-4-16(5-3-15)27-13-20(12-18(27)14-31-22(23)24)32-19-8-6-17(7-9-19)28-25-10-11-26-28/h2-11,18,20,22H,12-14H2,1H3/t18-,20-/m0/s1. The minimum Gasteiger partial charge on any atom is -0.489 e. The average Bonchev–Trinajstić information content (AvgIpc) is 3.48. The number of aromatic nitrogens is 3. The first-order chi connectivity index (χ1) is 15.5. The van der Waals surface area contributed by atoms with Gasteiger partial charge in [0, 0.05) is 12.1 Å². The number of hydrogen-bond donors (Lipinski definition) is 0. The first-order valence-electron chi connectivity index (χ1n) is 10.0. The van der Waals surface area contributed by atoms with E-state index in [1.54, 1.807) is 36.7 Å². The van der Waals surface area contributed by atoms with Crippen molar-refractivity contribution in [2.45, 2.75) is 25.2 Å². The fraction of sp³-hybridized carbons (Fsp3) is 0.318. The lowest BCUT2D eigenvalue weighted by Crippen LogP contribution is -2.34. The number of hydrogen-bond acceptors (Lipinski definition) is 7. The van der Waals surface area contributed by atoms with E-state index in [1.807, 2.05) is 29.2 Å². The van der Waals surface area contributed by atoms with E-state index in [2.05, 4.69) is 14.9 Å². The van der Waals surface area contributed by atoms with Crippen molar-refractivity contribution in [2.75, 3.05) is 25.2 Å². The Morgan fingerprint density at radius 1 is 1.06 bits per heavy atom. The summed E-state index contributed by atoms with van der Waals surface area (Å²) in [5.41, 5.74) is 1.99. The van der Waals surface area contributed by atoms with Gasteiger partial charge < -0.3 is 19.1 Å². The third-order valence-electron chi connectivity index (χ3n) is 5.20. The number of rotatable bonds is 8. The van der Waals surface area contributed by atoms with Crippen LogP contribution in [0.1, 0.15) is 16.8 Å². The van der Waals surface area contributed by atoms with Crippen molar-refractivity contribution >= 4 is 11.7 Å². The summed E-state index contributed by atoms with van der Waals surface area (Å²) in [6.45, 7) is -2.50. The SMILES string of the molecule is COC(=O)c1ccc(N2C[C@@H](Oc3ccc(-n4nccn4)cc3)C[C@H]2COC(F)F)cc1. The van der Waals surface area contributed by atoms with E-state index in [-0.39, 0.29) is 18.8 Å². The lowest BCUT2D eigenvalue weighted by molar-refractivity contribution is -0.131. The van der Waals surface area contributed by atoms with Crippen LogP contribution < -0.4 is 9.64 Å². The van der Waals surface area contributed by atoms with Gasteiger partial charge in [-0.05, 0) is 48.5 Å². The molecule has 8 nitrogen and oxygen atoms in total. The van der Waals surface area contributed by atoms with Crippen molar-refractivity contribution in [3.8, 4) is 11.4 Å². The van der Waals surface area contributed by atoms with E-state index >= 15 is 0 Å². The molecule has 1 fully saturated rings. The molecular formula is C22H22F2N4O4. The van der Waals surface area contributed by atoms with Crippen molar-refractivity contribution in [1.29, 1.82) is 0 Å².